The lowest BCUT2D eigenvalue weighted by atomic mass is 9.94. The zero-order valence-corrected chi connectivity index (χ0v) is 17.1. The van der Waals surface area contributed by atoms with Gasteiger partial charge in [0.1, 0.15) is 0 Å². The second-order valence-electron chi connectivity index (χ2n) is 9.26. The fourth-order valence-electron chi connectivity index (χ4n) is 4.48. The van der Waals surface area contributed by atoms with Crippen LogP contribution in [0.15, 0.2) is 24.4 Å². The molecule has 2 aromatic rings. The van der Waals surface area contributed by atoms with Crippen LogP contribution in [0.5, 0.6) is 0 Å². The Morgan fingerprint density at radius 1 is 1.26 bits per heavy atom. The molecule has 2 heterocycles. The number of rotatable bonds is 6. The van der Waals surface area contributed by atoms with Gasteiger partial charge in [0.25, 0.3) is 0 Å². The SMILES string of the molecule is CC(C)C[C@@H]1N[C@H](C(=O)NC(C)C)Cc2cn(CC3CC3)c3cccc1c23. The van der Waals surface area contributed by atoms with Gasteiger partial charge in [-0.25, -0.2) is 0 Å². The van der Waals surface area contributed by atoms with E-state index in [1.165, 1.54) is 34.9 Å². The molecule has 0 saturated heterocycles. The van der Waals surface area contributed by atoms with Crippen molar-refractivity contribution in [1.82, 2.24) is 15.2 Å². The molecule has 1 amide bonds. The predicted octanol–water partition coefficient (Wildman–Crippen LogP) is 4.18. The molecular formula is C23H33N3O. The van der Waals surface area contributed by atoms with Crippen molar-refractivity contribution in [3.05, 3.63) is 35.5 Å². The molecule has 1 fully saturated rings. The van der Waals surface area contributed by atoms with Crippen molar-refractivity contribution in [2.45, 2.75) is 78.0 Å². The topological polar surface area (TPSA) is 46.1 Å². The Hall–Kier alpha value is -1.81. The number of hydrogen-bond donors (Lipinski definition) is 2. The number of aromatic nitrogens is 1. The van der Waals surface area contributed by atoms with Crippen molar-refractivity contribution in [3.8, 4) is 0 Å². The van der Waals surface area contributed by atoms with Crippen LogP contribution in [0.25, 0.3) is 10.9 Å². The Kier molecular flexibility index (Phi) is 5.02. The number of carbonyl (C=O) groups excluding carboxylic acids is 1. The number of nitrogens with zero attached hydrogens (tertiary/aromatic N) is 1. The number of hydrogen-bond acceptors (Lipinski definition) is 2. The average molecular weight is 368 g/mol. The standard InChI is InChI=1S/C23H33N3O/c1-14(2)10-19-18-6-5-7-21-22(18)17(13-26(21)12-16-8-9-16)11-20(25-19)23(27)24-15(3)4/h5-7,13-16,19-20,25H,8-12H2,1-4H3,(H,24,27)/t19-,20-/m0/s1. The van der Waals surface area contributed by atoms with E-state index in [0.717, 1.165) is 25.3 Å². The van der Waals surface area contributed by atoms with Crippen LogP contribution in [-0.2, 0) is 17.8 Å². The largest absolute Gasteiger partial charge is 0.353 e. The van der Waals surface area contributed by atoms with E-state index in [1.807, 2.05) is 13.8 Å². The summed E-state index contributed by atoms with van der Waals surface area (Å²) in [5.74, 6) is 1.53. The van der Waals surface area contributed by atoms with Gasteiger partial charge in [0.2, 0.25) is 5.91 Å². The van der Waals surface area contributed by atoms with Crippen LogP contribution in [0.1, 0.15) is 64.1 Å². The van der Waals surface area contributed by atoms with Gasteiger partial charge in [0, 0.05) is 35.7 Å². The maximum absolute atomic E-state index is 12.9. The van der Waals surface area contributed by atoms with Crippen LogP contribution in [0.4, 0.5) is 0 Å². The molecule has 1 saturated carbocycles. The highest BCUT2D eigenvalue weighted by Crippen LogP contribution is 2.38. The predicted molar refractivity (Wildman–Crippen MR) is 111 cm³/mol. The summed E-state index contributed by atoms with van der Waals surface area (Å²) in [6.45, 7) is 9.69. The first-order valence-electron chi connectivity index (χ1n) is 10.6. The highest BCUT2D eigenvalue weighted by molar-refractivity contribution is 5.90. The molecule has 27 heavy (non-hydrogen) atoms. The smallest absolute Gasteiger partial charge is 0.237 e. The molecule has 0 bridgehead atoms. The molecule has 1 aromatic heterocycles. The molecule has 1 aromatic carbocycles. The van der Waals surface area contributed by atoms with Crippen molar-refractivity contribution < 1.29 is 4.79 Å². The first-order valence-corrected chi connectivity index (χ1v) is 10.6. The number of benzene rings is 1. The molecule has 0 unspecified atom stereocenters. The monoisotopic (exact) mass is 367 g/mol. The summed E-state index contributed by atoms with van der Waals surface area (Å²) in [4.78, 5) is 12.9. The third kappa shape index (κ3) is 3.91. The van der Waals surface area contributed by atoms with E-state index in [1.54, 1.807) is 0 Å². The normalized spacial score (nSPS) is 22.4. The summed E-state index contributed by atoms with van der Waals surface area (Å²) in [7, 11) is 0. The number of amides is 1. The molecule has 146 valence electrons. The van der Waals surface area contributed by atoms with Gasteiger partial charge in [-0.1, -0.05) is 26.0 Å². The molecule has 4 heteroatoms. The summed E-state index contributed by atoms with van der Waals surface area (Å²) < 4.78 is 2.45. The molecular weight excluding hydrogens is 334 g/mol. The van der Waals surface area contributed by atoms with Gasteiger partial charge in [-0.05, 0) is 68.6 Å². The van der Waals surface area contributed by atoms with E-state index in [-0.39, 0.29) is 24.0 Å². The molecule has 1 aliphatic heterocycles. The lowest BCUT2D eigenvalue weighted by Gasteiger charge is -2.26. The molecule has 2 N–H and O–H groups in total. The molecule has 2 aliphatic rings. The van der Waals surface area contributed by atoms with Crippen LogP contribution in [0.2, 0.25) is 0 Å². The van der Waals surface area contributed by atoms with Gasteiger partial charge < -0.3 is 9.88 Å². The first kappa shape index (κ1) is 18.5. The van der Waals surface area contributed by atoms with E-state index >= 15 is 0 Å². The first-order chi connectivity index (χ1) is 12.9. The maximum Gasteiger partial charge on any atom is 0.237 e. The Morgan fingerprint density at radius 2 is 2.04 bits per heavy atom. The van der Waals surface area contributed by atoms with Gasteiger partial charge in [-0.15, -0.1) is 0 Å². The zero-order valence-electron chi connectivity index (χ0n) is 17.1. The van der Waals surface area contributed by atoms with Gasteiger partial charge in [0.15, 0.2) is 0 Å². The van der Waals surface area contributed by atoms with E-state index in [0.29, 0.717) is 5.92 Å². The van der Waals surface area contributed by atoms with Gasteiger partial charge in [-0.3, -0.25) is 10.1 Å². The molecule has 4 rings (SSSR count). The molecule has 4 nitrogen and oxygen atoms in total. The van der Waals surface area contributed by atoms with E-state index in [9.17, 15) is 4.79 Å². The lowest BCUT2D eigenvalue weighted by Crippen LogP contribution is -2.48. The summed E-state index contributed by atoms with van der Waals surface area (Å²) in [6, 6.07) is 6.90. The molecule has 0 radical (unpaired) electrons. The molecule has 0 spiro atoms. The van der Waals surface area contributed by atoms with Gasteiger partial charge in [-0.2, -0.15) is 0 Å². The summed E-state index contributed by atoms with van der Waals surface area (Å²) in [5, 5.41) is 8.20. The number of nitrogens with one attached hydrogen (secondary N) is 2. The van der Waals surface area contributed by atoms with Crippen LogP contribution < -0.4 is 10.6 Å². The van der Waals surface area contributed by atoms with Crippen molar-refractivity contribution in [2.24, 2.45) is 11.8 Å². The van der Waals surface area contributed by atoms with Crippen molar-refractivity contribution in [3.63, 3.8) is 0 Å². The van der Waals surface area contributed by atoms with E-state index < -0.39 is 0 Å². The Bertz CT molecular complexity index is 832. The highest BCUT2D eigenvalue weighted by atomic mass is 16.2. The minimum Gasteiger partial charge on any atom is -0.353 e. The summed E-state index contributed by atoms with van der Waals surface area (Å²) in [5.41, 5.74) is 4.03. The summed E-state index contributed by atoms with van der Waals surface area (Å²) in [6.07, 6.45) is 6.83. The van der Waals surface area contributed by atoms with Gasteiger partial charge >= 0.3 is 0 Å². The van der Waals surface area contributed by atoms with Gasteiger partial charge in [0.05, 0.1) is 6.04 Å². The highest BCUT2D eigenvalue weighted by Gasteiger charge is 2.31. The van der Waals surface area contributed by atoms with E-state index in [4.69, 9.17) is 0 Å². The third-order valence-corrected chi connectivity index (χ3v) is 5.83. The Balaban J connectivity index is 1.76. The minimum absolute atomic E-state index is 0.120. The number of carbonyl (C=O) groups is 1. The van der Waals surface area contributed by atoms with Crippen molar-refractivity contribution >= 4 is 16.8 Å². The second kappa shape index (κ2) is 7.31. The fourth-order valence-corrected chi connectivity index (χ4v) is 4.48. The van der Waals surface area contributed by atoms with Crippen LogP contribution in [0.3, 0.4) is 0 Å². The van der Waals surface area contributed by atoms with Crippen LogP contribution in [0, 0.1) is 11.8 Å². The Labute approximate surface area is 162 Å². The minimum atomic E-state index is -0.177. The second-order valence-corrected chi connectivity index (χ2v) is 9.26. The summed E-state index contributed by atoms with van der Waals surface area (Å²) >= 11 is 0. The maximum atomic E-state index is 12.9. The Morgan fingerprint density at radius 3 is 2.70 bits per heavy atom. The van der Waals surface area contributed by atoms with Crippen molar-refractivity contribution in [1.29, 1.82) is 0 Å². The fraction of sp³-hybridized carbons (Fsp3) is 0.609. The quantitative estimate of drug-likeness (QED) is 0.805. The van der Waals surface area contributed by atoms with Crippen LogP contribution >= 0.6 is 0 Å². The zero-order chi connectivity index (χ0) is 19.1. The van der Waals surface area contributed by atoms with E-state index in [2.05, 4.69) is 53.4 Å². The lowest BCUT2D eigenvalue weighted by molar-refractivity contribution is -0.123. The average Bonchev–Trinajstić information content (AvgIpc) is 3.35. The van der Waals surface area contributed by atoms with Crippen molar-refractivity contribution in [2.75, 3.05) is 0 Å². The van der Waals surface area contributed by atoms with Crippen LogP contribution in [-0.4, -0.2) is 22.6 Å². The molecule has 1 aliphatic carbocycles. The molecule has 2 atom stereocenters. The third-order valence-electron chi connectivity index (χ3n) is 5.83.